The number of alkyl carbamates (subject to hydrolysis) is 1. The smallest absolute Gasteiger partial charge is 0.407 e. The molecule has 1 aromatic rings. The second kappa shape index (κ2) is 10.6. The van der Waals surface area contributed by atoms with Gasteiger partial charge in [-0.15, -0.1) is 0 Å². The van der Waals surface area contributed by atoms with Gasteiger partial charge in [-0.3, -0.25) is 9.59 Å². The summed E-state index contributed by atoms with van der Waals surface area (Å²) in [5, 5.41) is 2.85. The molecule has 2 aliphatic heterocycles. The van der Waals surface area contributed by atoms with Crippen LogP contribution in [0.1, 0.15) is 65.0 Å². The van der Waals surface area contributed by atoms with Crippen LogP contribution in [-0.4, -0.2) is 59.0 Å². The number of hydrogen-bond acceptors (Lipinski definition) is 4. The van der Waals surface area contributed by atoms with E-state index < -0.39 is 17.7 Å². The number of carbonyl (C=O) groups excluding carboxylic acids is 3. The molecule has 1 saturated heterocycles. The van der Waals surface area contributed by atoms with Crippen molar-refractivity contribution in [1.82, 2.24) is 15.1 Å². The first-order valence-corrected chi connectivity index (χ1v) is 12.2. The van der Waals surface area contributed by atoms with Gasteiger partial charge in [-0.05, 0) is 56.6 Å². The fourth-order valence-corrected chi connectivity index (χ4v) is 4.58. The summed E-state index contributed by atoms with van der Waals surface area (Å²) in [5.74, 6) is 0.653. The largest absolute Gasteiger partial charge is 0.444 e. The van der Waals surface area contributed by atoms with Crippen LogP contribution in [0.2, 0.25) is 0 Å². The van der Waals surface area contributed by atoms with Crippen molar-refractivity contribution >= 4 is 17.9 Å². The average Bonchev–Trinajstić information content (AvgIpc) is 2.75. The molecule has 3 amide bonds. The molecule has 3 rings (SSSR count). The first-order valence-electron chi connectivity index (χ1n) is 12.2. The molecule has 0 aromatic heterocycles. The Bertz CT molecular complexity index is 853. The van der Waals surface area contributed by atoms with Gasteiger partial charge in [0, 0.05) is 39.0 Å². The van der Waals surface area contributed by atoms with E-state index in [1.807, 2.05) is 51.7 Å². The summed E-state index contributed by atoms with van der Waals surface area (Å²) in [5.41, 5.74) is 1.77. The van der Waals surface area contributed by atoms with Gasteiger partial charge in [0.15, 0.2) is 0 Å². The number of carbonyl (C=O) groups is 3. The van der Waals surface area contributed by atoms with Crippen LogP contribution in [-0.2, 0) is 27.3 Å². The van der Waals surface area contributed by atoms with Crippen LogP contribution in [0.5, 0.6) is 0 Å². The molecule has 2 heterocycles. The number of piperidine rings is 1. The van der Waals surface area contributed by atoms with Gasteiger partial charge < -0.3 is 19.9 Å². The van der Waals surface area contributed by atoms with Gasteiger partial charge in [0.25, 0.3) is 0 Å². The highest BCUT2D eigenvalue weighted by Gasteiger charge is 2.37. The lowest BCUT2D eigenvalue weighted by molar-refractivity contribution is -0.148. The van der Waals surface area contributed by atoms with Gasteiger partial charge in [-0.25, -0.2) is 4.79 Å². The quantitative estimate of drug-likeness (QED) is 0.730. The zero-order valence-corrected chi connectivity index (χ0v) is 20.7. The summed E-state index contributed by atoms with van der Waals surface area (Å²) in [6.45, 7) is 11.9. The van der Waals surface area contributed by atoms with Crippen molar-refractivity contribution in [2.75, 3.05) is 19.6 Å². The van der Waals surface area contributed by atoms with Crippen LogP contribution in [0.3, 0.4) is 0 Å². The molecule has 1 fully saturated rings. The van der Waals surface area contributed by atoms with E-state index in [0.717, 1.165) is 24.0 Å². The number of nitrogens with one attached hydrogen (secondary N) is 1. The zero-order chi connectivity index (χ0) is 24.2. The van der Waals surface area contributed by atoms with Crippen LogP contribution in [0.25, 0.3) is 0 Å². The number of rotatable bonds is 5. The van der Waals surface area contributed by atoms with Crippen molar-refractivity contribution < 1.29 is 19.1 Å². The van der Waals surface area contributed by atoms with Crippen LogP contribution < -0.4 is 5.32 Å². The van der Waals surface area contributed by atoms with Crippen molar-refractivity contribution in [2.24, 2.45) is 11.8 Å². The third kappa shape index (κ3) is 6.95. The van der Waals surface area contributed by atoms with E-state index in [4.69, 9.17) is 4.74 Å². The Morgan fingerprint density at radius 2 is 1.73 bits per heavy atom. The number of benzene rings is 1. The molecule has 0 radical (unpaired) electrons. The monoisotopic (exact) mass is 457 g/mol. The number of hydrogen-bond donors (Lipinski definition) is 1. The van der Waals surface area contributed by atoms with Crippen molar-refractivity contribution in [3.05, 3.63) is 35.4 Å². The normalized spacial score (nSPS) is 19.3. The van der Waals surface area contributed by atoms with E-state index in [1.54, 1.807) is 4.90 Å². The Balaban J connectivity index is 1.60. The Kier molecular flexibility index (Phi) is 8.03. The molecular weight excluding hydrogens is 418 g/mol. The minimum atomic E-state index is -0.517. The third-order valence-electron chi connectivity index (χ3n) is 6.30. The fourth-order valence-electron chi connectivity index (χ4n) is 4.58. The van der Waals surface area contributed by atoms with E-state index in [9.17, 15) is 14.4 Å². The molecule has 7 nitrogen and oxygen atoms in total. The predicted molar refractivity (Wildman–Crippen MR) is 127 cm³/mol. The topological polar surface area (TPSA) is 79.0 Å². The highest BCUT2D eigenvalue weighted by Crippen LogP contribution is 2.27. The van der Waals surface area contributed by atoms with Gasteiger partial charge in [-0.2, -0.15) is 0 Å². The number of ether oxygens (including phenoxy) is 1. The minimum Gasteiger partial charge on any atom is -0.444 e. The molecule has 33 heavy (non-hydrogen) atoms. The molecule has 0 spiro atoms. The fraction of sp³-hybridized carbons (Fsp3) is 0.654. The maximum atomic E-state index is 13.5. The Morgan fingerprint density at radius 1 is 1.09 bits per heavy atom. The summed E-state index contributed by atoms with van der Waals surface area (Å²) in [7, 11) is 0. The van der Waals surface area contributed by atoms with E-state index in [1.165, 1.54) is 0 Å². The zero-order valence-electron chi connectivity index (χ0n) is 20.7. The third-order valence-corrected chi connectivity index (χ3v) is 6.30. The lowest BCUT2D eigenvalue weighted by Gasteiger charge is -2.41. The first kappa shape index (κ1) is 25.1. The number of nitrogens with zero attached hydrogens (tertiary/aromatic N) is 2. The molecule has 2 aliphatic rings. The second-order valence-corrected chi connectivity index (χ2v) is 10.8. The van der Waals surface area contributed by atoms with E-state index in [0.29, 0.717) is 44.9 Å². The lowest BCUT2D eigenvalue weighted by atomic mass is 9.91. The van der Waals surface area contributed by atoms with E-state index in [2.05, 4.69) is 17.4 Å². The maximum Gasteiger partial charge on any atom is 0.407 e. The molecule has 1 aromatic carbocycles. The Morgan fingerprint density at radius 3 is 2.33 bits per heavy atom. The first-order chi connectivity index (χ1) is 15.5. The molecular formula is C26H39N3O4. The molecule has 182 valence electrons. The summed E-state index contributed by atoms with van der Waals surface area (Å²) in [4.78, 5) is 42.2. The Hall–Kier alpha value is -2.57. The second-order valence-electron chi connectivity index (χ2n) is 10.8. The van der Waals surface area contributed by atoms with Crippen LogP contribution >= 0.6 is 0 Å². The summed E-state index contributed by atoms with van der Waals surface area (Å²) < 4.78 is 5.31. The molecule has 1 N–H and O–H groups in total. The van der Waals surface area contributed by atoms with Crippen molar-refractivity contribution in [3.63, 3.8) is 0 Å². The van der Waals surface area contributed by atoms with Crippen molar-refractivity contribution in [1.29, 1.82) is 0 Å². The van der Waals surface area contributed by atoms with Gasteiger partial charge >= 0.3 is 6.09 Å². The lowest BCUT2D eigenvalue weighted by Crippen LogP contribution is -2.55. The van der Waals surface area contributed by atoms with Gasteiger partial charge in [0.05, 0.1) is 0 Å². The number of likely N-dealkylation sites (tertiary alicyclic amines) is 1. The van der Waals surface area contributed by atoms with Gasteiger partial charge in [0.1, 0.15) is 11.6 Å². The van der Waals surface area contributed by atoms with E-state index in [-0.39, 0.29) is 17.7 Å². The highest BCUT2D eigenvalue weighted by atomic mass is 16.6. The maximum absolute atomic E-state index is 13.5. The van der Waals surface area contributed by atoms with Gasteiger partial charge in [-0.1, -0.05) is 38.1 Å². The molecule has 1 unspecified atom stereocenters. The average molecular weight is 458 g/mol. The SMILES string of the molecule is CC(C)CC(=O)N1Cc2ccccc2CC1C(=O)N1CCC(CNC(=O)OC(C)(C)C)CC1. The summed E-state index contributed by atoms with van der Waals surface area (Å²) in [6, 6.07) is 7.66. The molecule has 0 saturated carbocycles. The molecule has 1 atom stereocenters. The summed E-state index contributed by atoms with van der Waals surface area (Å²) in [6.07, 6.45) is 2.26. The van der Waals surface area contributed by atoms with Crippen LogP contribution in [0.4, 0.5) is 4.79 Å². The van der Waals surface area contributed by atoms with Crippen LogP contribution in [0, 0.1) is 11.8 Å². The Labute approximate surface area is 197 Å². The van der Waals surface area contributed by atoms with Crippen molar-refractivity contribution in [2.45, 2.75) is 78.5 Å². The minimum absolute atomic E-state index is 0.0418. The summed E-state index contributed by atoms with van der Waals surface area (Å²) >= 11 is 0. The molecule has 0 aliphatic carbocycles. The molecule has 0 bridgehead atoms. The highest BCUT2D eigenvalue weighted by molar-refractivity contribution is 5.88. The van der Waals surface area contributed by atoms with Crippen LogP contribution in [0.15, 0.2) is 24.3 Å². The molecule has 7 heteroatoms. The number of fused-ring (bicyclic) bond motifs is 1. The standard InChI is InChI=1S/C26H39N3O4/c1-18(2)14-23(30)29-17-21-9-7-6-8-20(21)15-22(29)24(31)28-12-10-19(11-13-28)16-27-25(32)33-26(3,4)5/h6-9,18-19,22H,10-17H2,1-5H3,(H,27,32). The van der Waals surface area contributed by atoms with E-state index >= 15 is 0 Å². The van der Waals surface area contributed by atoms with Crippen molar-refractivity contribution in [3.8, 4) is 0 Å². The predicted octanol–water partition coefficient (Wildman–Crippen LogP) is 3.75. The van der Waals surface area contributed by atoms with Gasteiger partial charge in [0.2, 0.25) is 11.8 Å². The number of amides is 3.